The summed E-state index contributed by atoms with van der Waals surface area (Å²) in [7, 11) is 0. The van der Waals surface area contributed by atoms with E-state index < -0.39 is 5.97 Å². The predicted molar refractivity (Wildman–Crippen MR) is 57.7 cm³/mol. The van der Waals surface area contributed by atoms with Crippen LogP contribution in [-0.4, -0.2) is 46.8 Å². The largest absolute Gasteiger partial charge is 0.481 e. The highest BCUT2D eigenvalue weighted by molar-refractivity contribution is 5.67. The van der Waals surface area contributed by atoms with Gasteiger partial charge in [0.1, 0.15) is 0 Å². The Morgan fingerprint density at radius 3 is 2.87 bits per heavy atom. The van der Waals surface area contributed by atoms with Crippen LogP contribution in [0.5, 0.6) is 0 Å². The maximum Gasteiger partial charge on any atom is 0.304 e. The predicted octanol–water partition coefficient (Wildman–Crippen LogP) is 0.944. The first-order chi connectivity index (χ1) is 7.13. The molecule has 0 aromatic carbocycles. The van der Waals surface area contributed by atoms with E-state index in [0.29, 0.717) is 0 Å². The van der Waals surface area contributed by atoms with Gasteiger partial charge in [-0.15, -0.1) is 0 Å². The summed E-state index contributed by atoms with van der Waals surface area (Å²) in [5, 5.41) is 17.8. The van der Waals surface area contributed by atoms with Gasteiger partial charge in [0.2, 0.25) is 0 Å². The maximum atomic E-state index is 10.7. The molecule has 1 aliphatic heterocycles. The molecule has 2 atom stereocenters. The van der Waals surface area contributed by atoms with Crippen molar-refractivity contribution in [2.75, 3.05) is 19.7 Å². The van der Waals surface area contributed by atoms with E-state index in [1.54, 1.807) is 0 Å². The van der Waals surface area contributed by atoms with Crippen LogP contribution < -0.4 is 0 Å². The Hall–Kier alpha value is -0.610. The second-order valence-electron chi connectivity index (χ2n) is 4.53. The molecule has 0 spiro atoms. The molecule has 1 heterocycles. The molecule has 0 aromatic heterocycles. The van der Waals surface area contributed by atoms with Crippen LogP contribution in [0.3, 0.4) is 0 Å². The zero-order chi connectivity index (χ0) is 11.3. The number of aliphatic hydroxyl groups excluding tert-OH is 1. The fourth-order valence-electron chi connectivity index (χ4n) is 2.19. The number of hydrogen-bond donors (Lipinski definition) is 2. The number of aliphatic carboxylic acids is 1. The van der Waals surface area contributed by atoms with Gasteiger partial charge in [0, 0.05) is 19.2 Å². The molecule has 2 N–H and O–H groups in total. The number of rotatable bonds is 5. The van der Waals surface area contributed by atoms with Crippen molar-refractivity contribution in [3.05, 3.63) is 0 Å². The fraction of sp³-hybridized carbons (Fsp3) is 0.909. The minimum absolute atomic E-state index is 0.172. The first-order valence-electron chi connectivity index (χ1n) is 5.70. The lowest BCUT2D eigenvalue weighted by Crippen LogP contribution is -2.43. The monoisotopic (exact) mass is 215 g/mol. The van der Waals surface area contributed by atoms with Crippen molar-refractivity contribution >= 4 is 5.97 Å². The highest BCUT2D eigenvalue weighted by Gasteiger charge is 2.25. The number of nitrogens with zero attached hydrogens (tertiary/aromatic N) is 1. The summed E-state index contributed by atoms with van der Waals surface area (Å²) in [6.07, 6.45) is 3.48. The van der Waals surface area contributed by atoms with Crippen LogP contribution in [-0.2, 0) is 4.79 Å². The van der Waals surface area contributed by atoms with Crippen molar-refractivity contribution in [2.24, 2.45) is 5.92 Å². The van der Waals surface area contributed by atoms with E-state index in [9.17, 15) is 4.79 Å². The summed E-state index contributed by atoms with van der Waals surface area (Å²) < 4.78 is 0. The van der Waals surface area contributed by atoms with E-state index >= 15 is 0 Å². The summed E-state index contributed by atoms with van der Waals surface area (Å²) >= 11 is 0. The minimum Gasteiger partial charge on any atom is -0.481 e. The molecule has 0 bridgehead atoms. The second-order valence-corrected chi connectivity index (χ2v) is 4.53. The Bertz CT molecular complexity index is 208. The van der Waals surface area contributed by atoms with Gasteiger partial charge in [-0.1, -0.05) is 13.3 Å². The smallest absolute Gasteiger partial charge is 0.304 e. The average Bonchev–Trinajstić information content (AvgIpc) is 2.20. The number of carboxylic acid groups (broad SMARTS) is 1. The SMILES string of the molecule is CC(CO)CN1CCCCC1CC(=O)O. The topological polar surface area (TPSA) is 60.8 Å². The summed E-state index contributed by atoms with van der Waals surface area (Å²) in [5.74, 6) is -0.483. The van der Waals surface area contributed by atoms with Crippen molar-refractivity contribution in [1.29, 1.82) is 0 Å². The Balaban J connectivity index is 2.45. The fourth-order valence-corrected chi connectivity index (χ4v) is 2.19. The third-order valence-corrected chi connectivity index (χ3v) is 3.02. The molecule has 0 saturated carbocycles. The van der Waals surface area contributed by atoms with Crippen molar-refractivity contribution in [2.45, 2.75) is 38.6 Å². The molecule has 4 nitrogen and oxygen atoms in total. The first-order valence-corrected chi connectivity index (χ1v) is 5.70. The quantitative estimate of drug-likeness (QED) is 0.716. The number of aliphatic hydroxyl groups is 1. The van der Waals surface area contributed by atoms with Gasteiger partial charge in [-0.3, -0.25) is 9.69 Å². The van der Waals surface area contributed by atoms with E-state index in [2.05, 4.69) is 4.90 Å². The molecule has 88 valence electrons. The van der Waals surface area contributed by atoms with Crippen molar-refractivity contribution in [1.82, 2.24) is 4.90 Å². The summed E-state index contributed by atoms with van der Waals surface area (Å²) in [6, 6.07) is 0.172. The number of hydrogen-bond acceptors (Lipinski definition) is 3. The van der Waals surface area contributed by atoms with Gasteiger partial charge in [0.05, 0.1) is 6.42 Å². The molecular formula is C11H21NO3. The molecule has 1 aliphatic rings. The standard InChI is InChI=1S/C11H21NO3/c1-9(8-13)7-12-5-3-2-4-10(12)6-11(14)15/h9-10,13H,2-8H2,1H3,(H,14,15). The third-order valence-electron chi connectivity index (χ3n) is 3.02. The Kier molecular flexibility index (Phi) is 5.05. The molecular weight excluding hydrogens is 194 g/mol. The van der Waals surface area contributed by atoms with Crippen LogP contribution in [0.25, 0.3) is 0 Å². The average molecular weight is 215 g/mol. The Morgan fingerprint density at radius 1 is 1.53 bits per heavy atom. The lowest BCUT2D eigenvalue weighted by Gasteiger charge is -2.36. The van der Waals surface area contributed by atoms with Crippen LogP contribution >= 0.6 is 0 Å². The molecule has 0 radical (unpaired) electrons. The van der Waals surface area contributed by atoms with E-state index in [4.69, 9.17) is 10.2 Å². The van der Waals surface area contributed by atoms with Gasteiger partial charge in [-0.25, -0.2) is 0 Å². The van der Waals surface area contributed by atoms with Crippen LogP contribution in [0.4, 0.5) is 0 Å². The van der Waals surface area contributed by atoms with Crippen molar-refractivity contribution in [3.8, 4) is 0 Å². The zero-order valence-electron chi connectivity index (χ0n) is 9.35. The lowest BCUT2D eigenvalue weighted by atomic mass is 9.98. The normalized spacial score (nSPS) is 25.1. The minimum atomic E-state index is -0.719. The molecule has 15 heavy (non-hydrogen) atoms. The van der Waals surface area contributed by atoms with E-state index in [1.807, 2.05) is 6.92 Å². The van der Waals surface area contributed by atoms with Gasteiger partial charge in [-0.2, -0.15) is 0 Å². The molecule has 1 rings (SSSR count). The van der Waals surface area contributed by atoms with Crippen molar-refractivity contribution in [3.63, 3.8) is 0 Å². The van der Waals surface area contributed by atoms with Gasteiger partial charge < -0.3 is 10.2 Å². The van der Waals surface area contributed by atoms with Gasteiger partial charge in [-0.05, 0) is 25.3 Å². The lowest BCUT2D eigenvalue weighted by molar-refractivity contribution is -0.138. The second kappa shape index (κ2) is 6.08. The van der Waals surface area contributed by atoms with Gasteiger partial charge in [0.25, 0.3) is 0 Å². The molecule has 1 fully saturated rings. The Morgan fingerprint density at radius 2 is 2.27 bits per heavy atom. The summed E-state index contributed by atoms with van der Waals surface area (Å²) in [5.41, 5.74) is 0. The van der Waals surface area contributed by atoms with Crippen LogP contribution in [0, 0.1) is 5.92 Å². The first kappa shape index (κ1) is 12.5. The molecule has 2 unspecified atom stereocenters. The highest BCUT2D eigenvalue weighted by Crippen LogP contribution is 2.20. The number of piperidine rings is 1. The summed E-state index contributed by atoms with van der Waals surface area (Å²) in [6.45, 7) is 3.96. The van der Waals surface area contributed by atoms with Crippen LogP contribution in [0.15, 0.2) is 0 Å². The van der Waals surface area contributed by atoms with Crippen LogP contribution in [0.2, 0.25) is 0 Å². The molecule has 0 aromatic rings. The van der Waals surface area contributed by atoms with Crippen LogP contribution in [0.1, 0.15) is 32.6 Å². The van der Waals surface area contributed by atoms with Gasteiger partial charge in [0.15, 0.2) is 0 Å². The van der Waals surface area contributed by atoms with E-state index in [-0.39, 0.29) is 25.0 Å². The number of carbonyl (C=O) groups is 1. The van der Waals surface area contributed by atoms with Crippen molar-refractivity contribution < 1.29 is 15.0 Å². The molecule has 1 saturated heterocycles. The maximum absolute atomic E-state index is 10.7. The Labute approximate surface area is 90.9 Å². The number of likely N-dealkylation sites (tertiary alicyclic amines) is 1. The third kappa shape index (κ3) is 4.18. The molecule has 4 heteroatoms. The number of carboxylic acids is 1. The zero-order valence-corrected chi connectivity index (χ0v) is 9.35. The van der Waals surface area contributed by atoms with E-state index in [0.717, 1.165) is 32.4 Å². The highest BCUT2D eigenvalue weighted by atomic mass is 16.4. The summed E-state index contributed by atoms with van der Waals surface area (Å²) in [4.78, 5) is 12.9. The molecule has 0 amide bonds. The van der Waals surface area contributed by atoms with E-state index in [1.165, 1.54) is 0 Å². The molecule has 0 aliphatic carbocycles. The van der Waals surface area contributed by atoms with Gasteiger partial charge >= 0.3 is 5.97 Å².